The summed E-state index contributed by atoms with van der Waals surface area (Å²) in [7, 11) is 0. The predicted octanol–water partition coefficient (Wildman–Crippen LogP) is 2.33. The minimum Gasteiger partial charge on any atom is -0.452 e. The van der Waals surface area contributed by atoms with Crippen molar-refractivity contribution in [3.63, 3.8) is 0 Å². The molecule has 3 rings (SSSR count). The van der Waals surface area contributed by atoms with Crippen LogP contribution >= 0.6 is 0 Å². The van der Waals surface area contributed by atoms with Crippen LogP contribution in [-0.4, -0.2) is 53.4 Å². The molecular formula is C23H31N3O5. The van der Waals surface area contributed by atoms with E-state index in [4.69, 9.17) is 4.74 Å². The third-order valence-corrected chi connectivity index (χ3v) is 5.97. The number of anilines is 1. The van der Waals surface area contributed by atoms with E-state index < -0.39 is 24.1 Å². The summed E-state index contributed by atoms with van der Waals surface area (Å²) in [5.74, 6) is -1.44. The highest BCUT2D eigenvalue weighted by atomic mass is 16.5. The zero-order valence-electron chi connectivity index (χ0n) is 18.8. The van der Waals surface area contributed by atoms with Crippen LogP contribution in [0, 0.1) is 11.8 Å². The van der Waals surface area contributed by atoms with Crippen molar-refractivity contribution < 1.29 is 23.9 Å². The summed E-state index contributed by atoms with van der Waals surface area (Å²) in [4.78, 5) is 54.8. The summed E-state index contributed by atoms with van der Waals surface area (Å²) < 4.78 is 5.41. The summed E-state index contributed by atoms with van der Waals surface area (Å²) in [5, 5.41) is 2.79. The van der Waals surface area contributed by atoms with Crippen LogP contribution in [0.1, 0.15) is 57.8 Å². The zero-order valence-corrected chi connectivity index (χ0v) is 18.8. The molecule has 1 N–H and O–H groups in total. The fourth-order valence-electron chi connectivity index (χ4n) is 4.07. The lowest BCUT2D eigenvalue weighted by Gasteiger charge is -2.48. The van der Waals surface area contributed by atoms with Crippen LogP contribution in [0.5, 0.6) is 0 Å². The Bertz CT molecular complexity index is 897. The van der Waals surface area contributed by atoms with Crippen LogP contribution < -0.4 is 10.2 Å². The molecule has 2 aliphatic rings. The van der Waals surface area contributed by atoms with Gasteiger partial charge in [-0.15, -0.1) is 0 Å². The number of amides is 3. The number of nitrogens with zero attached hydrogens (tertiary/aromatic N) is 2. The molecule has 1 aromatic rings. The predicted molar refractivity (Wildman–Crippen MR) is 115 cm³/mol. The molecule has 0 radical (unpaired) electrons. The number of carbonyl (C=O) groups excluding carboxylic acids is 4. The van der Waals surface area contributed by atoms with Gasteiger partial charge < -0.3 is 15.0 Å². The van der Waals surface area contributed by atoms with E-state index in [9.17, 15) is 19.2 Å². The molecule has 1 saturated heterocycles. The lowest BCUT2D eigenvalue weighted by molar-refractivity contribution is -0.160. The van der Waals surface area contributed by atoms with Crippen LogP contribution in [0.4, 0.5) is 5.69 Å². The van der Waals surface area contributed by atoms with Crippen molar-refractivity contribution in [1.82, 2.24) is 10.2 Å². The molecule has 2 heterocycles. The van der Waals surface area contributed by atoms with E-state index in [0.717, 1.165) is 0 Å². The van der Waals surface area contributed by atoms with Crippen LogP contribution in [-0.2, 0) is 19.1 Å². The van der Waals surface area contributed by atoms with Crippen molar-refractivity contribution in [1.29, 1.82) is 0 Å². The Kier molecular flexibility index (Phi) is 6.38. The van der Waals surface area contributed by atoms with Gasteiger partial charge in [0.15, 0.2) is 6.61 Å². The van der Waals surface area contributed by atoms with E-state index in [2.05, 4.69) is 5.32 Å². The van der Waals surface area contributed by atoms with Gasteiger partial charge in [0.2, 0.25) is 11.6 Å². The van der Waals surface area contributed by atoms with Gasteiger partial charge in [0.25, 0.3) is 11.8 Å². The van der Waals surface area contributed by atoms with Crippen LogP contribution in [0.25, 0.3) is 0 Å². The van der Waals surface area contributed by atoms with Crippen LogP contribution in [0.3, 0.4) is 0 Å². The summed E-state index contributed by atoms with van der Waals surface area (Å²) in [6.45, 7) is 9.53. The van der Waals surface area contributed by atoms with E-state index in [1.165, 1.54) is 9.80 Å². The molecule has 8 heteroatoms. The van der Waals surface area contributed by atoms with Gasteiger partial charge >= 0.3 is 5.97 Å². The number of hydrogen-bond acceptors (Lipinski definition) is 5. The van der Waals surface area contributed by atoms with Crippen molar-refractivity contribution in [2.24, 2.45) is 11.8 Å². The van der Waals surface area contributed by atoms with E-state index in [0.29, 0.717) is 11.3 Å². The first-order chi connectivity index (χ1) is 14.6. The van der Waals surface area contributed by atoms with Gasteiger partial charge in [-0.2, -0.15) is 0 Å². The van der Waals surface area contributed by atoms with E-state index >= 15 is 0 Å². The minimum atomic E-state index is -1.57. The standard InChI is InChI=1S/C23H31N3O5/c1-14(2)12-25-21(29)17-8-6-7-9-18(17)26-20(28)10-11-23(25,26)22(30)31-13-19(27)24-16(5)15(3)4/h6-9,14-16H,10-13H2,1-5H3,(H,24,27)/t16-,23+/m0/s1. The highest BCUT2D eigenvalue weighted by Crippen LogP contribution is 2.45. The number of hydrogen-bond donors (Lipinski definition) is 1. The van der Waals surface area contributed by atoms with Gasteiger partial charge in [-0.05, 0) is 30.9 Å². The maximum absolute atomic E-state index is 13.4. The van der Waals surface area contributed by atoms with Crippen molar-refractivity contribution in [3.8, 4) is 0 Å². The molecule has 168 valence electrons. The van der Waals surface area contributed by atoms with Gasteiger partial charge in [-0.25, -0.2) is 4.79 Å². The Labute approximate surface area is 182 Å². The minimum absolute atomic E-state index is 0.0617. The third-order valence-electron chi connectivity index (χ3n) is 5.97. The summed E-state index contributed by atoms with van der Waals surface area (Å²) in [5.41, 5.74) is -0.785. The number of ether oxygens (including phenoxy) is 1. The Balaban J connectivity index is 1.94. The van der Waals surface area contributed by atoms with Crippen LogP contribution in [0.2, 0.25) is 0 Å². The Hall–Kier alpha value is -2.90. The summed E-state index contributed by atoms with van der Waals surface area (Å²) in [6, 6.07) is 6.72. The lowest BCUT2D eigenvalue weighted by atomic mass is 9.95. The number of nitrogens with one attached hydrogen (secondary N) is 1. The van der Waals surface area contributed by atoms with Gasteiger partial charge in [-0.1, -0.05) is 39.8 Å². The number of para-hydroxylation sites is 1. The van der Waals surface area contributed by atoms with Gasteiger partial charge in [0.1, 0.15) is 0 Å². The second kappa shape index (κ2) is 8.69. The molecule has 31 heavy (non-hydrogen) atoms. The molecule has 0 spiro atoms. The summed E-state index contributed by atoms with van der Waals surface area (Å²) in [6.07, 6.45) is 0.239. The maximum Gasteiger partial charge on any atom is 0.354 e. The third kappa shape index (κ3) is 4.03. The molecule has 2 aliphatic heterocycles. The average molecular weight is 430 g/mol. The molecule has 1 aromatic carbocycles. The average Bonchev–Trinajstić information content (AvgIpc) is 3.07. The molecule has 0 saturated carbocycles. The molecule has 0 aliphatic carbocycles. The SMILES string of the molecule is CC(C)CN1C(=O)c2ccccc2N2C(=O)CC[C@@]12C(=O)OCC(=O)N[C@@H](C)C(C)C. The first-order valence-corrected chi connectivity index (χ1v) is 10.8. The van der Waals surface area contributed by atoms with E-state index in [1.807, 2.05) is 34.6 Å². The van der Waals surface area contributed by atoms with Gasteiger partial charge in [-0.3, -0.25) is 19.3 Å². The van der Waals surface area contributed by atoms with E-state index in [-0.39, 0.29) is 49.1 Å². The zero-order chi connectivity index (χ0) is 22.9. The number of benzene rings is 1. The lowest BCUT2D eigenvalue weighted by Crippen LogP contribution is -2.69. The fourth-order valence-corrected chi connectivity index (χ4v) is 4.07. The number of carbonyl (C=O) groups is 4. The second-order valence-electron chi connectivity index (χ2n) is 9.05. The largest absolute Gasteiger partial charge is 0.452 e. The first-order valence-electron chi connectivity index (χ1n) is 10.8. The molecule has 0 bridgehead atoms. The van der Waals surface area contributed by atoms with Crippen molar-refractivity contribution >= 4 is 29.4 Å². The van der Waals surface area contributed by atoms with Gasteiger partial charge in [0.05, 0.1) is 11.3 Å². The number of esters is 1. The molecule has 3 amide bonds. The monoisotopic (exact) mass is 429 g/mol. The first kappa shape index (κ1) is 22.8. The molecule has 2 atom stereocenters. The highest BCUT2D eigenvalue weighted by Gasteiger charge is 2.62. The molecule has 1 fully saturated rings. The molecule has 0 aromatic heterocycles. The second-order valence-corrected chi connectivity index (χ2v) is 9.05. The highest BCUT2D eigenvalue weighted by molar-refractivity contribution is 6.15. The Morgan fingerprint density at radius 3 is 2.45 bits per heavy atom. The fraction of sp³-hybridized carbons (Fsp3) is 0.565. The van der Waals surface area contributed by atoms with Crippen molar-refractivity contribution in [3.05, 3.63) is 29.8 Å². The smallest absolute Gasteiger partial charge is 0.354 e. The normalized spacial score (nSPS) is 21.3. The number of fused-ring (bicyclic) bond motifs is 3. The topological polar surface area (TPSA) is 96.0 Å². The summed E-state index contributed by atoms with van der Waals surface area (Å²) >= 11 is 0. The quantitative estimate of drug-likeness (QED) is 0.671. The van der Waals surface area contributed by atoms with Crippen LogP contribution in [0.15, 0.2) is 24.3 Å². The Morgan fingerprint density at radius 2 is 1.81 bits per heavy atom. The number of rotatable bonds is 7. The van der Waals surface area contributed by atoms with Crippen molar-refractivity contribution in [2.75, 3.05) is 18.1 Å². The Morgan fingerprint density at radius 1 is 1.13 bits per heavy atom. The van der Waals surface area contributed by atoms with Gasteiger partial charge in [0, 0.05) is 25.4 Å². The molecule has 0 unspecified atom stereocenters. The molecular weight excluding hydrogens is 398 g/mol. The van der Waals surface area contributed by atoms with Crippen molar-refractivity contribution in [2.45, 2.75) is 59.2 Å². The van der Waals surface area contributed by atoms with E-state index in [1.54, 1.807) is 24.3 Å². The maximum atomic E-state index is 13.4. The molecule has 8 nitrogen and oxygen atoms in total.